The van der Waals surface area contributed by atoms with Crippen molar-refractivity contribution in [3.8, 4) is 0 Å². The van der Waals surface area contributed by atoms with E-state index in [0.717, 1.165) is 12.5 Å². The van der Waals surface area contributed by atoms with Crippen LogP contribution in [0.25, 0.3) is 9.69 Å². The van der Waals surface area contributed by atoms with Crippen LogP contribution in [0.4, 0.5) is 11.4 Å². The molecule has 0 unspecified atom stereocenters. The summed E-state index contributed by atoms with van der Waals surface area (Å²) in [5, 5.41) is 0.0488. The number of nitrogens with zero attached hydrogens (tertiary/aromatic N) is 2. The summed E-state index contributed by atoms with van der Waals surface area (Å²) in [5.41, 5.74) is 2.36. The van der Waals surface area contributed by atoms with Gasteiger partial charge in [-0.1, -0.05) is 90.1 Å². The summed E-state index contributed by atoms with van der Waals surface area (Å²) in [6.07, 6.45) is 0.637. The van der Waals surface area contributed by atoms with Gasteiger partial charge in [-0.05, 0) is 47.4 Å². The average molecular weight is 711 g/mol. The van der Waals surface area contributed by atoms with Gasteiger partial charge < -0.3 is 8.85 Å². The Hall–Kier alpha value is -2.41. The SMILES string of the molecule is [C-]#[N+]c1ccc([C@H](CO[Si](C)(C)C(C)(C)C)OS(C)(=O)=O)cc1.[C-]#[N+]c1ccc([C@H](CO[Si](C)(C)C(C)(C)C)OS(C)(=O)=O)cc1. The normalized spacial score (nSPS) is 14.3. The second kappa shape index (κ2) is 16.1. The third kappa shape index (κ3) is 14.2. The predicted molar refractivity (Wildman–Crippen MR) is 189 cm³/mol. The van der Waals surface area contributed by atoms with Crippen LogP contribution in [0.2, 0.25) is 36.3 Å². The monoisotopic (exact) mass is 710 g/mol. The van der Waals surface area contributed by atoms with Crippen LogP contribution >= 0.6 is 0 Å². The second-order valence-corrected chi connectivity index (χ2v) is 26.9. The summed E-state index contributed by atoms with van der Waals surface area (Å²) < 4.78 is 68.8. The maximum Gasteiger partial charge on any atom is 0.265 e. The van der Waals surface area contributed by atoms with Gasteiger partial charge in [-0.15, -0.1) is 0 Å². The molecule has 0 radical (unpaired) electrons. The van der Waals surface area contributed by atoms with Crippen LogP contribution in [-0.4, -0.2) is 59.2 Å². The Balaban J connectivity index is 0.000000460. The lowest BCUT2D eigenvalue weighted by molar-refractivity contribution is 0.127. The van der Waals surface area contributed by atoms with Crippen molar-refractivity contribution in [3.05, 3.63) is 82.5 Å². The van der Waals surface area contributed by atoms with Gasteiger partial charge >= 0.3 is 0 Å². The van der Waals surface area contributed by atoms with E-state index in [2.05, 4.69) is 77.4 Å². The Bertz CT molecular complexity index is 1460. The van der Waals surface area contributed by atoms with Gasteiger partial charge in [-0.2, -0.15) is 16.8 Å². The van der Waals surface area contributed by atoms with Crippen molar-refractivity contribution < 1.29 is 34.1 Å². The van der Waals surface area contributed by atoms with Gasteiger partial charge in [0, 0.05) is 0 Å². The van der Waals surface area contributed by atoms with Crippen molar-refractivity contribution in [2.24, 2.45) is 0 Å². The fraction of sp³-hybridized carbons (Fsp3) is 0.562. The first kappa shape index (κ1) is 41.6. The lowest BCUT2D eigenvalue weighted by Gasteiger charge is -2.37. The number of rotatable bonds is 12. The zero-order valence-electron chi connectivity index (χ0n) is 29.2. The first-order valence-corrected chi connectivity index (χ1v) is 24.2. The molecule has 14 heteroatoms. The highest BCUT2D eigenvalue weighted by molar-refractivity contribution is 7.86. The van der Waals surface area contributed by atoms with Gasteiger partial charge in [0.05, 0.1) is 38.9 Å². The highest BCUT2D eigenvalue weighted by atomic mass is 32.2. The van der Waals surface area contributed by atoms with Crippen molar-refractivity contribution in [1.82, 2.24) is 0 Å². The standard InChI is InChI=1S/2C16H25NO4SSi/c2*1-16(2,3)23(6,7)20-12-15(21-22(5,18)19)13-8-10-14(17-4)11-9-13/h2*8-11,15H,12H2,1-3,5-7H3/t2*15-/m00/s1. The van der Waals surface area contributed by atoms with Crippen LogP contribution in [-0.2, 0) is 37.5 Å². The summed E-state index contributed by atoms with van der Waals surface area (Å²) in [6, 6.07) is 13.4. The molecule has 0 amide bonds. The van der Waals surface area contributed by atoms with E-state index >= 15 is 0 Å². The molecule has 0 aliphatic heterocycles. The smallest absolute Gasteiger partial charge is 0.265 e. The van der Waals surface area contributed by atoms with Gasteiger partial charge in [0.15, 0.2) is 28.0 Å². The first-order chi connectivity index (χ1) is 20.7. The van der Waals surface area contributed by atoms with Crippen LogP contribution in [0.15, 0.2) is 48.5 Å². The largest absolute Gasteiger partial charge is 0.414 e. The summed E-state index contributed by atoms with van der Waals surface area (Å²) >= 11 is 0. The topological polar surface area (TPSA) is 114 Å². The fourth-order valence-electron chi connectivity index (χ4n) is 3.31. The molecule has 0 aromatic heterocycles. The maximum absolute atomic E-state index is 11.5. The predicted octanol–water partition coefficient (Wildman–Crippen LogP) is 8.55. The van der Waals surface area contributed by atoms with Gasteiger partial charge in [0.1, 0.15) is 12.2 Å². The molecule has 256 valence electrons. The quantitative estimate of drug-likeness (QED) is 0.122. The van der Waals surface area contributed by atoms with Crippen molar-refractivity contribution in [2.75, 3.05) is 25.7 Å². The minimum Gasteiger partial charge on any atom is -0.414 e. The Labute approximate surface area is 279 Å². The molecule has 46 heavy (non-hydrogen) atoms. The highest BCUT2D eigenvalue weighted by Crippen LogP contribution is 2.39. The summed E-state index contributed by atoms with van der Waals surface area (Å²) in [5.74, 6) is 0. The van der Waals surface area contributed by atoms with Crippen LogP contribution in [0.5, 0.6) is 0 Å². The molecule has 0 spiro atoms. The minimum absolute atomic E-state index is 0.0244. The Morgan fingerprint density at radius 3 is 1.07 bits per heavy atom. The van der Waals surface area contributed by atoms with E-state index in [0.29, 0.717) is 22.5 Å². The minimum atomic E-state index is -3.62. The van der Waals surface area contributed by atoms with Crippen LogP contribution in [0.3, 0.4) is 0 Å². The van der Waals surface area contributed by atoms with Gasteiger partial charge in [0.2, 0.25) is 0 Å². The van der Waals surface area contributed by atoms with E-state index in [4.69, 9.17) is 30.4 Å². The molecule has 0 aliphatic carbocycles. The molecule has 0 fully saturated rings. The Kier molecular flexibility index (Phi) is 14.6. The second-order valence-electron chi connectivity index (χ2n) is 14.1. The third-order valence-electron chi connectivity index (χ3n) is 8.17. The van der Waals surface area contributed by atoms with E-state index in [1.807, 2.05) is 0 Å². The average Bonchev–Trinajstić information content (AvgIpc) is 2.91. The molecule has 0 saturated heterocycles. The Morgan fingerprint density at radius 2 is 0.870 bits per heavy atom. The zero-order valence-corrected chi connectivity index (χ0v) is 32.8. The summed E-state index contributed by atoms with van der Waals surface area (Å²) in [4.78, 5) is 6.66. The van der Waals surface area contributed by atoms with Crippen LogP contribution < -0.4 is 0 Å². The molecular formula is C32H50N2O8S2Si2. The highest BCUT2D eigenvalue weighted by Gasteiger charge is 2.39. The molecule has 0 heterocycles. The van der Waals surface area contributed by atoms with Crippen molar-refractivity contribution in [2.45, 2.75) is 90.0 Å². The van der Waals surface area contributed by atoms with E-state index in [-0.39, 0.29) is 23.3 Å². The molecule has 0 bridgehead atoms. The first-order valence-electron chi connectivity index (χ1n) is 14.7. The molecule has 2 atom stereocenters. The molecule has 2 aromatic rings. The Morgan fingerprint density at radius 1 is 0.609 bits per heavy atom. The van der Waals surface area contributed by atoms with Gasteiger partial charge in [-0.3, -0.25) is 8.37 Å². The van der Waals surface area contributed by atoms with E-state index < -0.39 is 49.1 Å². The van der Waals surface area contributed by atoms with Crippen molar-refractivity contribution >= 4 is 48.2 Å². The van der Waals surface area contributed by atoms with Gasteiger partial charge in [-0.25, -0.2) is 9.69 Å². The van der Waals surface area contributed by atoms with Crippen LogP contribution in [0.1, 0.15) is 64.9 Å². The molecule has 0 N–H and O–H groups in total. The zero-order chi connectivity index (χ0) is 35.8. The van der Waals surface area contributed by atoms with Crippen molar-refractivity contribution in [3.63, 3.8) is 0 Å². The van der Waals surface area contributed by atoms with E-state index in [1.54, 1.807) is 48.5 Å². The maximum atomic E-state index is 11.5. The number of hydrogen-bond acceptors (Lipinski definition) is 8. The lowest BCUT2D eigenvalue weighted by atomic mass is 10.1. The van der Waals surface area contributed by atoms with E-state index in [1.165, 1.54) is 0 Å². The summed E-state index contributed by atoms with van der Waals surface area (Å²) in [6.45, 7) is 35.4. The molecule has 10 nitrogen and oxygen atoms in total. The van der Waals surface area contributed by atoms with Gasteiger partial charge in [0.25, 0.3) is 20.2 Å². The molecule has 2 rings (SSSR count). The molecule has 2 aromatic carbocycles. The fourth-order valence-corrected chi connectivity index (χ4v) is 6.49. The molecule has 0 saturated carbocycles. The molecular weight excluding hydrogens is 661 g/mol. The van der Waals surface area contributed by atoms with Crippen molar-refractivity contribution in [1.29, 1.82) is 0 Å². The number of benzene rings is 2. The summed E-state index contributed by atoms with van der Waals surface area (Å²) in [7, 11) is -11.3. The third-order valence-corrected chi connectivity index (χ3v) is 18.3. The number of hydrogen-bond donors (Lipinski definition) is 0. The van der Waals surface area contributed by atoms with Crippen LogP contribution in [0, 0.1) is 13.1 Å². The van der Waals surface area contributed by atoms with E-state index in [9.17, 15) is 16.8 Å². The lowest BCUT2D eigenvalue weighted by Crippen LogP contribution is -2.42. The molecule has 0 aliphatic rings.